The van der Waals surface area contributed by atoms with Crippen LogP contribution in [0.15, 0.2) is 15.7 Å². The zero-order valence-corrected chi connectivity index (χ0v) is 14.8. The average molecular weight is 332 g/mol. The van der Waals surface area contributed by atoms with E-state index in [-0.39, 0.29) is 0 Å². The molecular formula is C16H29NO2S2. The molecule has 0 spiro atoms. The van der Waals surface area contributed by atoms with E-state index in [1.807, 2.05) is 11.4 Å². The molecule has 0 fully saturated rings. The third-order valence-electron chi connectivity index (χ3n) is 3.76. The number of sulfonamides is 1. The smallest absolute Gasteiger partial charge is 0.224 e. The minimum atomic E-state index is -3.53. The van der Waals surface area contributed by atoms with Crippen LogP contribution in [0, 0.1) is 0 Å². The molecule has 0 radical (unpaired) electrons. The van der Waals surface area contributed by atoms with Crippen molar-refractivity contribution in [1.29, 1.82) is 0 Å². The minimum Gasteiger partial charge on any atom is -0.224 e. The Morgan fingerprint density at radius 1 is 0.952 bits per heavy atom. The predicted molar refractivity (Wildman–Crippen MR) is 91.2 cm³/mol. The largest absolute Gasteiger partial charge is 0.247 e. The minimum absolute atomic E-state index is 0.346. The fourth-order valence-corrected chi connectivity index (χ4v) is 4.48. The van der Waals surface area contributed by atoms with Crippen molar-refractivity contribution in [1.82, 2.24) is 0 Å². The van der Waals surface area contributed by atoms with Gasteiger partial charge in [0, 0.05) is 0 Å². The van der Waals surface area contributed by atoms with Gasteiger partial charge in [-0.1, -0.05) is 64.7 Å². The van der Waals surface area contributed by atoms with E-state index >= 15 is 0 Å². The lowest BCUT2D eigenvalue weighted by Crippen LogP contribution is -2.12. The zero-order chi connectivity index (χ0) is 15.6. The Morgan fingerprint density at radius 2 is 1.48 bits per heavy atom. The Balaban J connectivity index is 2.06. The van der Waals surface area contributed by atoms with Gasteiger partial charge in [0.05, 0.1) is 0 Å². The summed E-state index contributed by atoms with van der Waals surface area (Å²) in [4.78, 5) is 0. The van der Waals surface area contributed by atoms with E-state index < -0.39 is 10.0 Å². The summed E-state index contributed by atoms with van der Waals surface area (Å²) in [6.07, 6.45) is 13.7. The summed E-state index contributed by atoms with van der Waals surface area (Å²) in [7, 11) is -3.53. The predicted octanol–water partition coefficient (Wildman–Crippen LogP) is 4.86. The van der Waals surface area contributed by atoms with Gasteiger partial charge in [-0.05, 0) is 29.9 Å². The van der Waals surface area contributed by atoms with Gasteiger partial charge in [-0.2, -0.15) is 0 Å². The topological polar surface area (TPSA) is 60.2 Å². The SMILES string of the molecule is CCCCCCCCCCCCc1ccsc1S(N)(=O)=O. The maximum atomic E-state index is 11.4. The molecule has 0 saturated heterocycles. The first-order valence-electron chi connectivity index (χ1n) is 8.15. The van der Waals surface area contributed by atoms with Crippen molar-refractivity contribution in [2.75, 3.05) is 0 Å². The van der Waals surface area contributed by atoms with Gasteiger partial charge in [-0.25, -0.2) is 13.6 Å². The Labute approximate surface area is 134 Å². The summed E-state index contributed by atoms with van der Waals surface area (Å²) in [5.41, 5.74) is 0.891. The fourth-order valence-electron chi connectivity index (χ4n) is 2.56. The number of aryl methyl sites for hydroxylation is 1. The third kappa shape index (κ3) is 7.98. The maximum absolute atomic E-state index is 11.4. The molecule has 122 valence electrons. The summed E-state index contributed by atoms with van der Waals surface area (Å²) >= 11 is 1.22. The van der Waals surface area contributed by atoms with Gasteiger partial charge in [-0.15, -0.1) is 11.3 Å². The van der Waals surface area contributed by atoms with Crippen LogP contribution in [0.3, 0.4) is 0 Å². The Morgan fingerprint density at radius 3 is 2.00 bits per heavy atom. The van der Waals surface area contributed by atoms with Crippen molar-refractivity contribution < 1.29 is 8.42 Å². The molecule has 1 rings (SSSR count). The van der Waals surface area contributed by atoms with Crippen LogP contribution in [0.4, 0.5) is 0 Å². The Kier molecular flexibility index (Phi) is 9.20. The van der Waals surface area contributed by atoms with Crippen LogP contribution in [0.1, 0.15) is 76.7 Å². The van der Waals surface area contributed by atoms with Crippen molar-refractivity contribution in [2.24, 2.45) is 5.14 Å². The summed E-state index contributed by atoms with van der Waals surface area (Å²) in [5.74, 6) is 0. The highest BCUT2D eigenvalue weighted by Gasteiger charge is 2.14. The lowest BCUT2D eigenvalue weighted by molar-refractivity contribution is 0.555. The highest BCUT2D eigenvalue weighted by Crippen LogP contribution is 2.23. The van der Waals surface area contributed by atoms with E-state index in [0.29, 0.717) is 4.21 Å². The monoisotopic (exact) mass is 331 g/mol. The van der Waals surface area contributed by atoms with Gasteiger partial charge in [0.15, 0.2) is 0 Å². The van der Waals surface area contributed by atoms with Gasteiger partial charge in [0.2, 0.25) is 10.0 Å². The van der Waals surface area contributed by atoms with Gasteiger partial charge in [-0.3, -0.25) is 0 Å². The molecule has 0 bridgehead atoms. The van der Waals surface area contributed by atoms with Crippen molar-refractivity contribution in [3.63, 3.8) is 0 Å². The Hall–Kier alpha value is -0.390. The third-order valence-corrected chi connectivity index (χ3v) is 6.28. The van der Waals surface area contributed by atoms with Crippen molar-refractivity contribution >= 4 is 21.4 Å². The first-order valence-corrected chi connectivity index (χ1v) is 10.6. The molecule has 0 aliphatic heterocycles. The molecule has 1 aromatic heterocycles. The summed E-state index contributed by atoms with van der Waals surface area (Å²) in [5, 5.41) is 7.02. The molecular weight excluding hydrogens is 302 g/mol. The first kappa shape index (κ1) is 18.7. The number of rotatable bonds is 12. The van der Waals surface area contributed by atoms with Crippen LogP contribution in [0.5, 0.6) is 0 Å². The van der Waals surface area contributed by atoms with E-state index in [1.165, 1.54) is 69.1 Å². The molecule has 0 saturated carbocycles. The zero-order valence-electron chi connectivity index (χ0n) is 13.1. The summed E-state index contributed by atoms with van der Waals surface area (Å²) < 4.78 is 23.1. The normalized spacial score (nSPS) is 11.9. The van der Waals surface area contributed by atoms with Gasteiger partial charge in [0.1, 0.15) is 4.21 Å². The quantitative estimate of drug-likeness (QED) is 0.556. The van der Waals surface area contributed by atoms with Crippen molar-refractivity contribution in [2.45, 2.75) is 81.8 Å². The lowest BCUT2D eigenvalue weighted by Gasteiger charge is -2.03. The molecule has 21 heavy (non-hydrogen) atoms. The van der Waals surface area contributed by atoms with Crippen LogP contribution >= 0.6 is 11.3 Å². The lowest BCUT2D eigenvalue weighted by atomic mass is 10.0. The number of hydrogen-bond donors (Lipinski definition) is 1. The molecule has 1 aromatic rings. The fraction of sp³-hybridized carbons (Fsp3) is 0.750. The molecule has 0 unspecified atom stereocenters. The second-order valence-electron chi connectivity index (χ2n) is 5.71. The Bertz CT molecular complexity index is 480. The summed E-state index contributed by atoms with van der Waals surface area (Å²) in [6.45, 7) is 2.24. The maximum Gasteiger partial charge on any atom is 0.247 e. The molecule has 0 atom stereocenters. The highest BCUT2D eigenvalue weighted by atomic mass is 32.2. The van der Waals surface area contributed by atoms with E-state index in [2.05, 4.69) is 6.92 Å². The molecule has 5 heteroatoms. The molecule has 0 aromatic carbocycles. The highest BCUT2D eigenvalue weighted by molar-refractivity contribution is 7.91. The molecule has 3 nitrogen and oxygen atoms in total. The molecule has 0 aliphatic carbocycles. The second kappa shape index (κ2) is 10.4. The standard InChI is InChI=1S/C16H29NO2S2/c1-2-3-4-5-6-7-8-9-10-11-12-15-13-14-20-16(15)21(17,18)19/h13-14H,2-12H2,1H3,(H2,17,18,19). The molecule has 2 N–H and O–H groups in total. The van der Waals surface area contributed by atoms with E-state index in [9.17, 15) is 8.42 Å². The van der Waals surface area contributed by atoms with Gasteiger partial charge < -0.3 is 0 Å². The van der Waals surface area contributed by atoms with Crippen LogP contribution in [-0.4, -0.2) is 8.42 Å². The number of unbranched alkanes of at least 4 members (excludes halogenated alkanes) is 9. The van der Waals surface area contributed by atoms with Crippen LogP contribution in [0.2, 0.25) is 0 Å². The van der Waals surface area contributed by atoms with Crippen LogP contribution < -0.4 is 5.14 Å². The van der Waals surface area contributed by atoms with Gasteiger partial charge in [0.25, 0.3) is 0 Å². The average Bonchev–Trinajstić information content (AvgIpc) is 2.89. The molecule has 1 heterocycles. The number of nitrogens with two attached hydrogens (primary N) is 1. The van der Waals surface area contributed by atoms with Crippen LogP contribution in [0.25, 0.3) is 0 Å². The number of hydrogen-bond acceptors (Lipinski definition) is 3. The molecule has 0 aliphatic rings. The molecule has 0 amide bonds. The van der Waals surface area contributed by atoms with E-state index in [1.54, 1.807) is 0 Å². The second-order valence-corrected chi connectivity index (χ2v) is 8.38. The van der Waals surface area contributed by atoms with E-state index in [4.69, 9.17) is 5.14 Å². The van der Waals surface area contributed by atoms with Crippen molar-refractivity contribution in [3.05, 3.63) is 17.0 Å². The van der Waals surface area contributed by atoms with Gasteiger partial charge >= 0.3 is 0 Å². The summed E-state index contributed by atoms with van der Waals surface area (Å²) in [6, 6.07) is 1.89. The van der Waals surface area contributed by atoms with E-state index in [0.717, 1.165) is 18.4 Å². The van der Waals surface area contributed by atoms with Crippen LogP contribution in [-0.2, 0) is 16.4 Å². The number of thiophene rings is 1. The first-order chi connectivity index (χ1) is 10.1. The van der Waals surface area contributed by atoms with Crippen molar-refractivity contribution in [3.8, 4) is 0 Å². The number of primary sulfonamides is 1.